The smallest absolute Gasteiger partial charge is 0.132 e. The maximum atomic E-state index is 13.7. The van der Waals surface area contributed by atoms with Gasteiger partial charge in [-0.3, -0.25) is 0 Å². The fraction of sp³-hybridized carbons (Fsp3) is 0.308. The Kier molecular flexibility index (Phi) is 2.88. The third-order valence-electron chi connectivity index (χ3n) is 2.77. The van der Waals surface area contributed by atoms with Gasteiger partial charge in [0.05, 0.1) is 0 Å². The van der Waals surface area contributed by atoms with Crippen molar-refractivity contribution in [3.8, 4) is 11.3 Å². The molecule has 0 saturated heterocycles. The predicted octanol–water partition coefficient (Wildman–Crippen LogP) is 3.16. The van der Waals surface area contributed by atoms with Crippen LogP contribution >= 0.6 is 0 Å². The number of aromatic nitrogens is 2. The van der Waals surface area contributed by atoms with Gasteiger partial charge in [-0.1, -0.05) is 12.1 Å². The largest absolute Gasteiger partial charge is 0.383 e. The van der Waals surface area contributed by atoms with E-state index in [0.717, 1.165) is 5.82 Å². The molecule has 4 heteroatoms. The van der Waals surface area contributed by atoms with E-state index in [9.17, 15) is 4.39 Å². The van der Waals surface area contributed by atoms with E-state index >= 15 is 0 Å². The zero-order chi connectivity index (χ0) is 12.6. The van der Waals surface area contributed by atoms with Gasteiger partial charge < -0.3 is 10.3 Å². The van der Waals surface area contributed by atoms with E-state index in [1.165, 1.54) is 6.07 Å². The third-order valence-corrected chi connectivity index (χ3v) is 2.77. The van der Waals surface area contributed by atoms with Crippen molar-refractivity contribution in [2.45, 2.75) is 26.8 Å². The minimum atomic E-state index is -0.299. The van der Waals surface area contributed by atoms with Gasteiger partial charge in [-0.25, -0.2) is 9.37 Å². The topological polar surface area (TPSA) is 43.8 Å². The summed E-state index contributed by atoms with van der Waals surface area (Å²) in [5.74, 6) is 1.02. The van der Waals surface area contributed by atoms with Crippen LogP contribution in [-0.2, 0) is 0 Å². The first kappa shape index (κ1) is 11.6. The number of hydrogen-bond donors (Lipinski definition) is 1. The van der Waals surface area contributed by atoms with Gasteiger partial charge in [-0.2, -0.15) is 0 Å². The van der Waals surface area contributed by atoms with Gasteiger partial charge in [0.15, 0.2) is 0 Å². The van der Waals surface area contributed by atoms with Gasteiger partial charge in [0, 0.05) is 11.6 Å². The van der Waals surface area contributed by atoms with Crippen molar-refractivity contribution in [3.63, 3.8) is 0 Å². The number of hydrogen-bond acceptors (Lipinski definition) is 2. The number of imidazole rings is 1. The summed E-state index contributed by atoms with van der Waals surface area (Å²) in [4.78, 5) is 4.36. The van der Waals surface area contributed by atoms with Gasteiger partial charge in [0.1, 0.15) is 23.2 Å². The lowest BCUT2D eigenvalue weighted by Crippen LogP contribution is -2.07. The van der Waals surface area contributed by atoms with Crippen molar-refractivity contribution in [1.82, 2.24) is 9.55 Å². The van der Waals surface area contributed by atoms with Crippen molar-refractivity contribution in [3.05, 3.63) is 35.9 Å². The number of benzene rings is 1. The Morgan fingerprint density at radius 2 is 1.94 bits per heavy atom. The van der Waals surface area contributed by atoms with Crippen LogP contribution in [0.3, 0.4) is 0 Å². The molecular weight excluding hydrogens is 217 g/mol. The predicted molar refractivity (Wildman–Crippen MR) is 67.2 cm³/mol. The third kappa shape index (κ3) is 1.90. The molecular formula is C13H16FN3. The second kappa shape index (κ2) is 4.20. The van der Waals surface area contributed by atoms with Gasteiger partial charge >= 0.3 is 0 Å². The first-order valence-corrected chi connectivity index (χ1v) is 5.61. The van der Waals surface area contributed by atoms with E-state index in [2.05, 4.69) is 4.98 Å². The molecule has 0 spiro atoms. The average molecular weight is 233 g/mol. The minimum absolute atomic E-state index is 0.211. The number of rotatable bonds is 2. The summed E-state index contributed by atoms with van der Waals surface area (Å²) in [7, 11) is 0. The summed E-state index contributed by atoms with van der Waals surface area (Å²) >= 11 is 0. The zero-order valence-corrected chi connectivity index (χ0v) is 10.2. The maximum absolute atomic E-state index is 13.7. The fourth-order valence-electron chi connectivity index (χ4n) is 2.06. The van der Waals surface area contributed by atoms with Crippen molar-refractivity contribution >= 4 is 5.82 Å². The quantitative estimate of drug-likeness (QED) is 0.865. The number of nitrogens with two attached hydrogens (primary N) is 1. The number of anilines is 1. The minimum Gasteiger partial charge on any atom is -0.383 e. The molecule has 2 aromatic rings. The molecule has 2 rings (SSSR count). The lowest BCUT2D eigenvalue weighted by atomic mass is 10.1. The molecule has 0 aliphatic rings. The number of aryl methyl sites for hydroxylation is 1. The Hall–Kier alpha value is -1.84. The Morgan fingerprint density at radius 1 is 1.29 bits per heavy atom. The standard InChI is InChI=1S/C13H16FN3/c1-8(2)17-9(3)16-12(13(17)15)10-6-4-5-7-11(10)14/h4-8H,15H2,1-3H3. The summed E-state index contributed by atoms with van der Waals surface area (Å²) in [5, 5.41) is 0. The van der Waals surface area contributed by atoms with Crippen LogP contribution in [0.5, 0.6) is 0 Å². The lowest BCUT2D eigenvalue weighted by molar-refractivity contribution is 0.590. The van der Waals surface area contributed by atoms with Gasteiger partial charge in [0.2, 0.25) is 0 Å². The molecule has 3 nitrogen and oxygen atoms in total. The van der Waals surface area contributed by atoms with E-state index in [-0.39, 0.29) is 11.9 Å². The second-order valence-corrected chi connectivity index (χ2v) is 4.34. The number of nitrogen functional groups attached to an aromatic ring is 1. The first-order chi connectivity index (χ1) is 8.02. The van der Waals surface area contributed by atoms with Crippen molar-refractivity contribution in [2.75, 3.05) is 5.73 Å². The van der Waals surface area contributed by atoms with E-state index in [1.54, 1.807) is 18.2 Å². The van der Waals surface area contributed by atoms with Crippen LogP contribution in [0.2, 0.25) is 0 Å². The first-order valence-electron chi connectivity index (χ1n) is 5.61. The summed E-state index contributed by atoms with van der Waals surface area (Å²) in [6.45, 7) is 5.92. The van der Waals surface area contributed by atoms with Crippen LogP contribution in [0.4, 0.5) is 10.2 Å². The zero-order valence-electron chi connectivity index (χ0n) is 10.2. The molecule has 1 aromatic heterocycles. The molecule has 90 valence electrons. The molecule has 1 aromatic carbocycles. The molecule has 0 atom stereocenters. The van der Waals surface area contributed by atoms with Crippen LogP contribution in [0.25, 0.3) is 11.3 Å². The van der Waals surface area contributed by atoms with Crippen LogP contribution in [-0.4, -0.2) is 9.55 Å². The number of halogens is 1. The normalized spacial score (nSPS) is 11.1. The Balaban J connectivity index is 2.62. The maximum Gasteiger partial charge on any atom is 0.132 e. The van der Waals surface area contributed by atoms with Gasteiger partial charge in [0.25, 0.3) is 0 Å². The molecule has 1 heterocycles. The molecule has 2 N–H and O–H groups in total. The van der Waals surface area contributed by atoms with Gasteiger partial charge in [-0.15, -0.1) is 0 Å². The highest BCUT2D eigenvalue weighted by Crippen LogP contribution is 2.30. The Bertz CT molecular complexity index is 544. The highest BCUT2D eigenvalue weighted by atomic mass is 19.1. The monoisotopic (exact) mass is 233 g/mol. The highest BCUT2D eigenvalue weighted by molar-refractivity contribution is 5.71. The van der Waals surface area contributed by atoms with Crippen molar-refractivity contribution in [1.29, 1.82) is 0 Å². The van der Waals surface area contributed by atoms with Crippen molar-refractivity contribution < 1.29 is 4.39 Å². The van der Waals surface area contributed by atoms with E-state index < -0.39 is 0 Å². The fourth-order valence-corrected chi connectivity index (χ4v) is 2.06. The molecule has 0 aliphatic heterocycles. The molecule has 0 fully saturated rings. The SMILES string of the molecule is Cc1nc(-c2ccccc2F)c(N)n1C(C)C. The van der Waals surface area contributed by atoms with Crippen LogP contribution in [0, 0.1) is 12.7 Å². The van der Waals surface area contributed by atoms with Crippen LogP contribution in [0.1, 0.15) is 25.7 Å². The Labute approximate surface area is 100 Å². The molecule has 0 aliphatic carbocycles. The average Bonchev–Trinajstić information content (AvgIpc) is 2.55. The molecule has 0 amide bonds. The van der Waals surface area contributed by atoms with E-state index in [1.807, 2.05) is 25.3 Å². The molecule has 0 unspecified atom stereocenters. The van der Waals surface area contributed by atoms with E-state index in [4.69, 9.17) is 5.73 Å². The molecule has 0 radical (unpaired) electrons. The van der Waals surface area contributed by atoms with E-state index in [0.29, 0.717) is 17.1 Å². The molecule has 0 bridgehead atoms. The summed E-state index contributed by atoms with van der Waals surface area (Å²) in [6, 6.07) is 6.75. The summed E-state index contributed by atoms with van der Waals surface area (Å²) in [6.07, 6.45) is 0. The Morgan fingerprint density at radius 3 is 2.47 bits per heavy atom. The highest BCUT2D eigenvalue weighted by Gasteiger charge is 2.17. The van der Waals surface area contributed by atoms with Crippen molar-refractivity contribution in [2.24, 2.45) is 0 Å². The van der Waals surface area contributed by atoms with Gasteiger partial charge in [-0.05, 0) is 32.9 Å². The summed E-state index contributed by atoms with van der Waals surface area (Å²) in [5.41, 5.74) is 7.01. The summed E-state index contributed by atoms with van der Waals surface area (Å²) < 4.78 is 15.6. The molecule has 17 heavy (non-hydrogen) atoms. The number of nitrogens with zero attached hydrogens (tertiary/aromatic N) is 2. The second-order valence-electron chi connectivity index (χ2n) is 4.34. The molecule has 0 saturated carbocycles. The lowest BCUT2D eigenvalue weighted by Gasteiger charge is -2.11. The van der Waals surface area contributed by atoms with Crippen LogP contribution < -0.4 is 5.73 Å². The van der Waals surface area contributed by atoms with Crippen LogP contribution in [0.15, 0.2) is 24.3 Å².